The molecule has 0 radical (unpaired) electrons. The first-order chi connectivity index (χ1) is 23.9. The maximum absolute atomic E-state index is 13.9. The van der Waals surface area contributed by atoms with E-state index in [1.165, 1.54) is 0 Å². The first-order valence-corrected chi connectivity index (χ1v) is 16.0. The van der Waals surface area contributed by atoms with E-state index in [0.29, 0.717) is 36.2 Å². The third-order valence-electron chi connectivity index (χ3n) is 8.13. The molecule has 1 aliphatic rings. The summed E-state index contributed by atoms with van der Waals surface area (Å²) in [6.07, 6.45) is 3.59. The van der Waals surface area contributed by atoms with Gasteiger partial charge in [-0.2, -0.15) is 0 Å². The summed E-state index contributed by atoms with van der Waals surface area (Å²) >= 11 is 0. The smallest absolute Gasteiger partial charge is 0.412 e. The number of benzene rings is 3. The van der Waals surface area contributed by atoms with Crippen LogP contribution in [0.2, 0.25) is 0 Å². The molecule has 6 rings (SSSR count). The van der Waals surface area contributed by atoms with E-state index >= 15 is 0 Å². The monoisotopic (exact) mass is 659 g/mol. The molecule has 0 saturated carbocycles. The Hall–Kier alpha value is -6.01. The summed E-state index contributed by atoms with van der Waals surface area (Å²) in [5.74, 6) is -0.552. The number of alkyl carbamates (subject to hydrolysis) is 1. The number of piperidine rings is 1. The Morgan fingerprint density at radius 3 is 2.24 bits per heavy atom. The molecule has 0 spiro atoms. The lowest BCUT2D eigenvalue weighted by atomic mass is 10.0. The van der Waals surface area contributed by atoms with Gasteiger partial charge >= 0.3 is 12.2 Å². The van der Waals surface area contributed by atoms with E-state index in [9.17, 15) is 14.4 Å². The lowest BCUT2D eigenvalue weighted by Gasteiger charge is -2.35. The van der Waals surface area contributed by atoms with Crippen LogP contribution in [0.3, 0.4) is 0 Å². The molecule has 5 aromatic rings. The zero-order chi connectivity index (χ0) is 34.0. The van der Waals surface area contributed by atoms with Crippen LogP contribution in [-0.2, 0) is 29.2 Å². The number of anilines is 3. The summed E-state index contributed by atoms with van der Waals surface area (Å²) < 4.78 is 10.9. The van der Waals surface area contributed by atoms with Crippen LogP contribution >= 0.6 is 0 Å². The first kappa shape index (κ1) is 32.9. The predicted octanol–water partition coefficient (Wildman–Crippen LogP) is 5.98. The average Bonchev–Trinajstić information content (AvgIpc) is 3.14. The molecule has 3 aromatic carbocycles. The van der Waals surface area contributed by atoms with Crippen LogP contribution < -0.4 is 26.6 Å². The second-order valence-corrected chi connectivity index (χ2v) is 11.6. The summed E-state index contributed by atoms with van der Waals surface area (Å²) in [5.41, 5.74) is 10.3. The van der Waals surface area contributed by atoms with Gasteiger partial charge in [-0.3, -0.25) is 15.1 Å². The molecular formula is C37H37N7O5. The summed E-state index contributed by atoms with van der Waals surface area (Å²) in [7, 11) is 0. The Bertz CT molecular complexity index is 1920. The number of nitrogens with zero attached hydrogens (tertiary/aromatic N) is 3. The van der Waals surface area contributed by atoms with Gasteiger partial charge in [-0.25, -0.2) is 14.6 Å². The van der Waals surface area contributed by atoms with E-state index in [1.54, 1.807) is 18.5 Å². The Balaban J connectivity index is 1.17. The van der Waals surface area contributed by atoms with Crippen molar-refractivity contribution in [3.05, 3.63) is 126 Å². The number of nitrogens with two attached hydrogens (primary N) is 1. The first-order valence-electron chi connectivity index (χ1n) is 16.0. The Kier molecular flexibility index (Phi) is 10.6. The van der Waals surface area contributed by atoms with Gasteiger partial charge in [0.05, 0.1) is 28.8 Å². The van der Waals surface area contributed by atoms with E-state index < -0.39 is 18.1 Å². The van der Waals surface area contributed by atoms with Gasteiger partial charge in [0.2, 0.25) is 0 Å². The lowest BCUT2D eigenvalue weighted by Crippen LogP contribution is -2.48. The highest BCUT2D eigenvalue weighted by Gasteiger charge is 2.25. The maximum Gasteiger partial charge on any atom is 0.412 e. The van der Waals surface area contributed by atoms with Crippen molar-refractivity contribution in [3.8, 4) is 0 Å². The highest BCUT2D eigenvalue weighted by atomic mass is 16.6. The zero-order valence-electron chi connectivity index (χ0n) is 26.8. The number of rotatable bonds is 10. The van der Waals surface area contributed by atoms with E-state index in [-0.39, 0.29) is 30.6 Å². The molecule has 3 amide bonds. The largest absolute Gasteiger partial charge is 0.445 e. The number of nitrogens with one attached hydrogen (secondary N) is 3. The standard InChI is InChI=1S/C37H37N7O5/c38-20-27-13-14-28-19-31(43-37(47)49-24-26-10-5-2-6-11-26)34(41-30(28)18-27)35(45)42-32-21-39-16-15-33(32)44-17-7-12-29(22-44)40-36(46)48-23-25-8-3-1-4-9-25/h1-6,8-11,13-16,18-19,21,29H,7,12,17,20,22-24,38H2,(H,40,46)(H,42,45)(H,43,47). The molecule has 0 bridgehead atoms. The highest BCUT2D eigenvalue weighted by molar-refractivity contribution is 6.11. The van der Waals surface area contributed by atoms with Crippen molar-refractivity contribution < 1.29 is 23.9 Å². The van der Waals surface area contributed by atoms with Gasteiger partial charge in [0.15, 0.2) is 5.69 Å². The topological polar surface area (TPSA) is 161 Å². The SMILES string of the molecule is NCc1ccc2cc(NC(=O)OCc3ccccc3)c(C(=O)Nc3cnccc3N3CCCC(NC(=O)OCc4ccccc4)C3)nc2c1. The summed E-state index contributed by atoms with van der Waals surface area (Å²) in [6, 6.07) is 27.6. The van der Waals surface area contributed by atoms with Gasteiger partial charge in [0.25, 0.3) is 5.91 Å². The molecule has 1 fully saturated rings. The second-order valence-electron chi connectivity index (χ2n) is 11.6. The molecule has 49 heavy (non-hydrogen) atoms. The number of ether oxygens (including phenoxy) is 2. The van der Waals surface area contributed by atoms with Gasteiger partial charge in [-0.15, -0.1) is 0 Å². The molecule has 1 aliphatic heterocycles. The van der Waals surface area contributed by atoms with Gasteiger partial charge in [-0.1, -0.05) is 72.8 Å². The Morgan fingerprint density at radius 2 is 1.53 bits per heavy atom. The number of amides is 3. The van der Waals surface area contributed by atoms with Crippen molar-refractivity contribution in [2.45, 2.75) is 38.6 Å². The van der Waals surface area contributed by atoms with Crippen molar-refractivity contribution in [3.63, 3.8) is 0 Å². The van der Waals surface area contributed by atoms with Gasteiger partial charge in [0, 0.05) is 37.3 Å². The summed E-state index contributed by atoms with van der Waals surface area (Å²) in [6.45, 7) is 1.76. The number of fused-ring (bicyclic) bond motifs is 1. The number of hydrogen-bond acceptors (Lipinski definition) is 9. The molecule has 1 atom stereocenters. The average molecular weight is 660 g/mol. The van der Waals surface area contributed by atoms with Crippen molar-refractivity contribution in [1.82, 2.24) is 15.3 Å². The molecule has 2 aromatic heterocycles. The normalized spacial score (nSPS) is 14.1. The number of carbonyl (C=O) groups excluding carboxylic acids is 3. The molecule has 0 aliphatic carbocycles. The third kappa shape index (κ3) is 8.67. The van der Waals surface area contributed by atoms with E-state index in [1.807, 2.05) is 84.9 Å². The fourth-order valence-corrected chi connectivity index (χ4v) is 5.66. The van der Waals surface area contributed by atoms with Crippen LogP contribution in [0.4, 0.5) is 26.7 Å². The van der Waals surface area contributed by atoms with Gasteiger partial charge in [-0.05, 0) is 47.7 Å². The fraction of sp³-hybridized carbons (Fsp3) is 0.216. The van der Waals surface area contributed by atoms with Gasteiger partial charge < -0.3 is 30.7 Å². The van der Waals surface area contributed by atoms with Crippen molar-refractivity contribution >= 4 is 46.1 Å². The lowest BCUT2D eigenvalue weighted by molar-refractivity contribution is 0.102. The molecule has 1 unspecified atom stereocenters. The van der Waals surface area contributed by atoms with Crippen molar-refractivity contribution in [2.75, 3.05) is 28.6 Å². The molecule has 5 N–H and O–H groups in total. The van der Waals surface area contributed by atoms with Crippen molar-refractivity contribution in [1.29, 1.82) is 0 Å². The number of hydrogen-bond donors (Lipinski definition) is 4. The van der Waals surface area contributed by atoms with E-state index in [4.69, 9.17) is 15.2 Å². The summed E-state index contributed by atoms with van der Waals surface area (Å²) in [5, 5.41) is 9.33. The zero-order valence-corrected chi connectivity index (χ0v) is 26.8. The Labute approximate surface area is 283 Å². The molecular weight excluding hydrogens is 622 g/mol. The third-order valence-corrected chi connectivity index (χ3v) is 8.13. The minimum Gasteiger partial charge on any atom is -0.445 e. The Morgan fingerprint density at radius 1 is 0.816 bits per heavy atom. The molecule has 3 heterocycles. The molecule has 12 heteroatoms. The number of aromatic nitrogens is 2. The highest BCUT2D eigenvalue weighted by Crippen LogP contribution is 2.30. The van der Waals surface area contributed by atoms with E-state index in [0.717, 1.165) is 35.2 Å². The van der Waals surface area contributed by atoms with Crippen LogP contribution in [0.5, 0.6) is 0 Å². The van der Waals surface area contributed by atoms with Crippen LogP contribution in [0.15, 0.2) is 103 Å². The summed E-state index contributed by atoms with van der Waals surface area (Å²) in [4.78, 5) is 50.4. The minimum absolute atomic E-state index is 0.00696. The predicted molar refractivity (Wildman–Crippen MR) is 187 cm³/mol. The van der Waals surface area contributed by atoms with Gasteiger partial charge in [0.1, 0.15) is 13.2 Å². The minimum atomic E-state index is -0.728. The quantitative estimate of drug-likeness (QED) is 0.141. The molecule has 1 saturated heterocycles. The maximum atomic E-state index is 13.9. The van der Waals surface area contributed by atoms with E-state index in [2.05, 4.69) is 30.8 Å². The number of carbonyl (C=O) groups is 3. The van der Waals surface area contributed by atoms with Crippen LogP contribution in [0, 0.1) is 0 Å². The number of pyridine rings is 2. The second kappa shape index (κ2) is 15.7. The van der Waals surface area contributed by atoms with Crippen molar-refractivity contribution in [2.24, 2.45) is 5.73 Å². The fourth-order valence-electron chi connectivity index (χ4n) is 5.66. The molecule has 250 valence electrons. The van der Waals surface area contributed by atoms with Crippen LogP contribution in [-0.4, -0.2) is 47.2 Å². The molecule has 12 nitrogen and oxygen atoms in total. The van der Waals surface area contributed by atoms with Crippen LogP contribution in [0.1, 0.15) is 40.0 Å². The van der Waals surface area contributed by atoms with Crippen LogP contribution in [0.25, 0.3) is 10.9 Å².